The first-order valence-corrected chi connectivity index (χ1v) is 8.98. The molecule has 0 unspecified atom stereocenters. The summed E-state index contributed by atoms with van der Waals surface area (Å²) in [5, 5.41) is 29.7. The van der Waals surface area contributed by atoms with E-state index in [1.807, 2.05) is 24.3 Å². The molecule has 0 fully saturated rings. The van der Waals surface area contributed by atoms with Gasteiger partial charge in [-0.25, -0.2) is 9.48 Å². The predicted molar refractivity (Wildman–Crippen MR) is 109 cm³/mol. The molecule has 150 valence electrons. The average Bonchev–Trinajstić information content (AvgIpc) is 2.94. The number of phenolic OH excluding ortho intramolecular Hbond substituents is 1. The van der Waals surface area contributed by atoms with Crippen LogP contribution in [-0.4, -0.2) is 26.0 Å². The zero-order valence-corrected chi connectivity index (χ0v) is 16.6. The van der Waals surface area contributed by atoms with Gasteiger partial charge in [0.15, 0.2) is 5.69 Å². The quantitative estimate of drug-likeness (QED) is 0.560. The Labute approximate surface area is 167 Å². The van der Waals surface area contributed by atoms with Gasteiger partial charge >= 0.3 is 5.97 Å². The number of aromatic amines is 1. The Morgan fingerprint density at radius 3 is 2.28 bits per heavy atom. The van der Waals surface area contributed by atoms with E-state index in [9.17, 15) is 14.7 Å². The number of hydrogen-bond acceptors (Lipinski definition) is 5. The van der Waals surface area contributed by atoms with Crippen molar-refractivity contribution >= 4 is 17.3 Å². The normalized spacial score (nSPS) is 11.9. The number of hydrogen-bond donors (Lipinski definition) is 3. The summed E-state index contributed by atoms with van der Waals surface area (Å²) in [7, 11) is 0. The summed E-state index contributed by atoms with van der Waals surface area (Å²) in [4.78, 5) is 23.7. The average molecular weight is 394 g/mol. The third-order valence-corrected chi connectivity index (χ3v) is 4.51. The van der Waals surface area contributed by atoms with E-state index in [1.165, 1.54) is 16.8 Å². The highest BCUT2D eigenvalue weighted by atomic mass is 16.4. The number of nitrogens with one attached hydrogen (secondary N) is 1. The van der Waals surface area contributed by atoms with Gasteiger partial charge in [-0.1, -0.05) is 32.9 Å². The molecule has 1 aromatic heterocycles. The number of nitrogens with zero attached hydrogens (tertiary/aromatic N) is 3. The topological polar surface area (TPSA) is 120 Å². The molecule has 0 aliphatic carbocycles. The van der Waals surface area contributed by atoms with Gasteiger partial charge in [0, 0.05) is 0 Å². The highest BCUT2D eigenvalue weighted by Gasteiger charge is 2.16. The molecule has 2 aromatic carbocycles. The van der Waals surface area contributed by atoms with Crippen LogP contribution in [0.5, 0.6) is 5.75 Å². The van der Waals surface area contributed by atoms with Crippen LogP contribution in [0.3, 0.4) is 0 Å². The van der Waals surface area contributed by atoms with E-state index in [4.69, 9.17) is 5.11 Å². The third-order valence-electron chi connectivity index (χ3n) is 4.51. The second-order valence-corrected chi connectivity index (χ2v) is 7.73. The first kappa shape index (κ1) is 20.1. The summed E-state index contributed by atoms with van der Waals surface area (Å²) in [6, 6.07) is 11.4. The smallest absolute Gasteiger partial charge is 0.335 e. The number of aromatic hydroxyl groups is 1. The number of aromatic carboxylic acids is 1. The van der Waals surface area contributed by atoms with Gasteiger partial charge in [-0.05, 0) is 48.2 Å². The molecule has 0 spiro atoms. The molecular formula is C21H22N4O4. The minimum Gasteiger partial charge on any atom is -0.506 e. The Kier molecular flexibility index (Phi) is 5.11. The summed E-state index contributed by atoms with van der Waals surface area (Å²) in [6.07, 6.45) is 0. The second kappa shape index (κ2) is 7.38. The van der Waals surface area contributed by atoms with Crippen LogP contribution in [0.25, 0.3) is 5.69 Å². The number of aromatic nitrogens is 2. The van der Waals surface area contributed by atoms with Crippen LogP contribution in [0.2, 0.25) is 0 Å². The molecule has 3 N–H and O–H groups in total. The molecule has 0 atom stereocenters. The first-order chi connectivity index (χ1) is 13.6. The van der Waals surface area contributed by atoms with Crippen LogP contribution < -0.4 is 5.56 Å². The molecule has 3 aromatic rings. The Morgan fingerprint density at radius 1 is 1.07 bits per heavy atom. The Hall–Kier alpha value is -3.68. The SMILES string of the molecule is Cc1[nH]n(-c2ccc(C(C)(C)C)cc2)c(=O)c1N=Nc1ccc(C(=O)O)cc1O. The van der Waals surface area contributed by atoms with Gasteiger partial charge in [0.25, 0.3) is 5.56 Å². The fourth-order valence-electron chi connectivity index (χ4n) is 2.79. The highest BCUT2D eigenvalue weighted by molar-refractivity contribution is 5.88. The van der Waals surface area contributed by atoms with E-state index in [1.54, 1.807) is 6.92 Å². The number of carboxylic acids is 1. The maximum absolute atomic E-state index is 12.8. The van der Waals surface area contributed by atoms with Crippen molar-refractivity contribution < 1.29 is 15.0 Å². The summed E-state index contributed by atoms with van der Waals surface area (Å²) >= 11 is 0. The van der Waals surface area contributed by atoms with Gasteiger partial charge in [-0.15, -0.1) is 10.2 Å². The summed E-state index contributed by atoms with van der Waals surface area (Å²) in [6.45, 7) is 8.04. The molecular weight excluding hydrogens is 372 g/mol. The molecule has 0 amide bonds. The number of H-pyrrole nitrogens is 1. The van der Waals surface area contributed by atoms with Gasteiger partial charge in [0.1, 0.15) is 11.4 Å². The fraction of sp³-hybridized carbons (Fsp3) is 0.238. The van der Waals surface area contributed by atoms with Crippen LogP contribution in [0.4, 0.5) is 11.4 Å². The maximum atomic E-state index is 12.8. The second-order valence-electron chi connectivity index (χ2n) is 7.73. The minimum absolute atomic E-state index is 0.00665. The lowest BCUT2D eigenvalue weighted by atomic mass is 9.87. The number of carboxylic acid groups (broad SMARTS) is 1. The predicted octanol–water partition coefficient (Wildman–Crippen LogP) is 4.59. The van der Waals surface area contributed by atoms with Crippen molar-refractivity contribution in [1.29, 1.82) is 0 Å². The molecule has 3 rings (SSSR count). The van der Waals surface area contributed by atoms with Crippen molar-refractivity contribution in [1.82, 2.24) is 9.78 Å². The molecule has 0 radical (unpaired) electrons. The van der Waals surface area contributed by atoms with Gasteiger partial charge < -0.3 is 10.2 Å². The van der Waals surface area contributed by atoms with Crippen LogP contribution in [0.15, 0.2) is 57.5 Å². The van der Waals surface area contributed by atoms with E-state index in [-0.39, 0.29) is 33.7 Å². The maximum Gasteiger partial charge on any atom is 0.335 e. The first-order valence-electron chi connectivity index (χ1n) is 8.98. The lowest BCUT2D eigenvalue weighted by Gasteiger charge is -2.19. The van der Waals surface area contributed by atoms with Crippen molar-refractivity contribution in [2.75, 3.05) is 0 Å². The molecule has 1 heterocycles. The molecule has 8 nitrogen and oxygen atoms in total. The van der Waals surface area contributed by atoms with Crippen LogP contribution >= 0.6 is 0 Å². The largest absolute Gasteiger partial charge is 0.506 e. The van der Waals surface area contributed by atoms with E-state index < -0.39 is 5.97 Å². The van der Waals surface area contributed by atoms with Crippen LogP contribution in [-0.2, 0) is 5.41 Å². The van der Waals surface area contributed by atoms with E-state index in [2.05, 4.69) is 36.1 Å². The van der Waals surface area contributed by atoms with E-state index >= 15 is 0 Å². The summed E-state index contributed by atoms with van der Waals surface area (Å²) in [5.74, 6) is -1.49. The summed E-state index contributed by atoms with van der Waals surface area (Å²) in [5.41, 5.74) is 2.06. The number of rotatable bonds is 4. The summed E-state index contributed by atoms with van der Waals surface area (Å²) < 4.78 is 1.38. The van der Waals surface area contributed by atoms with Crippen LogP contribution in [0.1, 0.15) is 42.4 Å². The Bertz CT molecular complexity index is 1150. The third kappa shape index (κ3) is 4.11. The van der Waals surface area contributed by atoms with Crippen LogP contribution in [0, 0.1) is 6.92 Å². The molecule has 29 heavy (non-hydrogen) atoms. The molecule has 0 saturated carbocycles. The molecule has 0 aliphatic rings. The van der Waals surface area contributed by atoms with Crippen molar-refractivity contribution in [3.63, 3.8) is 0 Å². The van der Waals surface area contributed by atoms with E-state index in [0.717, 1.165) is 11.6 Å². The standard InChI is InChI=1S/C21H22N4O4/c1-12-18(23-22-16-10-5-13(20(28)29)11-17(16)26)19(27)25(24-12)15-8-6-14(7-9-15)21(2,3)4/h5-11,24,26H,1-4H3,(H,28,29). The van der Waals surface area contributed by atoms with Crippen molar-refractivity contribution in [3.05, 3.63) is 69.6 Å². The molecule has 0 bridgehead atoms. The molecule has 0 saturated heterocycles. The van der Waals surface area contributed by atoms with E-state index in [0.29, 0.717) is 11.4 Å². The van der Waals surface area contributed by atoms with Gasteiger partial charge in [-0.3, -0.25) is 9.89 Å². The molecule has 0 aliphatic heterocycles. The Morgan fingerprint density at radius 2 is 1.72 bits per heavy atom. The van der Waals surface area contributed by atoms with Crippen molar-refractivity contribution in [2.45, 2.75) is 33.1 Å². The zero-order chi connectivity index (χ0) is 21.3. The highest BCUT2D eigenvalue weighted by Crippen LogP contribution is 2.29. The number of carbonyl (C=O) groups is 1. The van der Waals surface area contributed by atoms with Crippen molar-refractivity contribution in [3.8, 4) is 11.4 Å². The lowest BCUT2D eigenvalue weighted by Crippen LogP contribution is -2.15. The minimum atomic E-state index is -1.16. The van der Waals surface area contributed by atoms with Crippen molar-refractivity contribution in [2.24, 2.45) is 10.2 Å². The Balaban J connectivity index is 1.93. The fourth-order valence-corrected chi connectivity index (χ4v) is 2.79. The number of azo groups is 1. The van der Waals surface area contributed by atoms with Gasteiger partial charge in [0.05, 0.1) is 16.9 Å². The number of benzene rings is 2. The lowest BCUT2D eigenvalue weighted by molar-refractivity contribution is 0.0696. The zero-order valence-electron chi connectivity index (χ0n) is 16.6. The van der Waals surface area contributed by atoms with Gasteiger partial charge in [0.2, 0.25) is 0 Å². The number of phenols is 1. The monoisotopic (exact) mass is 394 g/mol. The van der Waals surface area contributed by atoms with Gasteiger partial charge in [-0.2, -0.15) is 0 Å². The molecule has 8 heteroatoms. The number of aryl methyl sites for hydroxylation is 1.